The summed E-state index contributed by atoms with van der Waals surface area (Å²) in [6.07, 6.45) is 7.03. The predicted molar refractivity (Wildman–Crippen MR) is 125 cm³/mol. The zero-order chi connectivity index (χ0) is 22.4. The molecule has 0 bridgehead atoms. The Labute approximate surface area is 189 Å². The van der Waals surface area contributed by atoms with E-state index in [0.29, 0.717) is 13.1 Å². The van der Waals surface area contributed by atoms with E-state index < -0.39 is 5.54 Å². The molecule has 32 heavy (non-hydrogen) atoms. The number of unbranched alkanes of at least 4 members (excludes halogenated alkanes) is 1. The minimum Gasteiger partial charge on any atom is -0.356 e. The number of nitrogens with one attached hydrogen (secondary N) is 3. The molecule has 2 amide bonds. The molecule has 0 aromatic heterocycles. The van der Waals surface area contributed by atoms with Gasteiger partial charge in [0.2, 0.25) is 5.91 Å². The number of rotatable bonds is 8. The van der Waals surface area contributed by atoms with Crippen molar-refractivity contribution in [1.82, 2.24) is 15.5 Å². The van der Waals surface area contributed by atoms with Gasteiger partial charge in [0.1, 0.15) is 0 Å². The number of carbonyl (C=O) groups excluding carboxylic acids is 2. The van der Waals surface area contributed by atoms with Crippen LogP contribution in [0.1, 0.15) is 56.1 Å². The summed E-state index contributed by atoms with van der Waals surface area (Å²) in [5.74, 6) is 0.322. The maximum Gasteiger partial charge on any atom is 0.264 e. The van der Waals surface area contributed by atoms with Crippen molar-refractivity contribution in [2.45, 2.75) is 50.5 Å². The van der Waals surface area contributed by atoms with E-state index in [4.69, 9.17) is 5.41 Å². The third kappa shape index (κ3) is 4.40. The monoisotopic (exact) mass is 432 g/mol. The summed E-state index contributed by atoms with van der Waals surface area (Å²) in [7, 11) is 0. The van der Waals surface area contributed by atoms with Crippen molar-refractivity contribution < 1.29 is 9.59 Å². The number of guanidine groups is 1. The van der Waals surface area contributed by atoms with Gasteiger partial charge in [-0.2, -0.15) is 0 Å². The van der Waals surface area contributed by atoms with Crippen LogP contribution < -0.4 is 10.6 Å². The molecule has 0 unspecified atom stereocenters. The molecule has 4 rings (SSSR count). The third-order valence-electron chi connectivity index (χ3n) is 6.64. The van der Waals surface area contributed by atoms with Crippen LogP contribution in [0.3, 0.4) is 0 Å². The van der Waals surface area contributed by atoms with E-state index in [0.717, 1.165) is 49.7 Å². The van der Waals surface area contributed by atoms with Crippen molar-refractivity contribution in [3.8, 4) is 0 Å². The molecular formula is C26H32N4O2. The van der Waals surface area contributed by atoms with Crippen LogP contribution in [-0.2, 0) is 15.1 Å². The summed E-state index contributed by atoms with van der Waals surface area (Å²) < 4.78 is 0. The summed E-state index contributed by atoms with van der Waals surface area (Å²) in [5.41, 5.74) is 0.556. The van der Waals surface area contributed by atoms with Gasteiger partial charge < -0.3 is 10.6 Å². The second kappa shape index (κ2) is 9.98. The van der Waals surface area contributed by atoms with Gasteiger partial charge >= 0.3 is 0 Å². The Morgan fingerprint density at radius 1 is 0.969 bits per heavy atom. The number of hydrogen-bond donors (Lipinski definition) is 3. The molecule has 3 N–H and O–H groups in total. The lowest BCUT2D eigenvalue weighted by Crippen LogP contribution is -2.45. The molecule has 2 aliphatic rings. The average molecular weight is 433 g/mol. The Morgan fingerprint density at radius 2 is 1.56 bits per heavy atom. The minimum atomic E-state index is -1.09. The van der Waals surface area contributed by atoms with Gasteiger partial charge in [-0.3, -0.25) is 19.9 Å². The Bertz CT molecular complexity index is 899. The van der Waals surface area contributed by atoms with E-state index in [9.17, 15) is 9.59 Å². The van der Waals surface area contributed by atoms with Gasteiger partial charge in [-0.1, -0.05) is 79.9 Å². The second-order valence-corrected chi connectivity index (χ2v) is 8.75. The number of nitrogens with zero attached hydrogens (tertiary/aromatic N) is 1. The van der Waals surface area contributed by atoms with Gasteiger partial charge in [-0.25, -0.2) is 0 Å². The first-order valence-corrected chi connectivity index (χ1v) is 11.7. The van der Waals surface area contributed by atoms with Crippen LogP contribution >= 0.6 is 0 Å². The van der Waals surface area contributed by atoms with Crippen LogP contribution in [0.2, 0.25) is 0 Å². The van der Waals surface area contributed by atoms with Gasteiger partial charge in [-0.15, -0.1) is 0 Å². The highest BCUT2D eigenvalue weighted by molar-refractivity contribution is 6.10. The summed E-state index contributed by atoms with van der Waals surface area (Å²) in [6.45, 7) is 1.06. The summed E-state index contributed by atoms with van der Waals surface area (Å²) in [5, 5.41) is 14.7. The van der Waals surface area contributed by atoms with Crippen LogP contribution in [0, 0.1) is 11.3 Å². The maximum absolute atomic E-state index is 13.7. The molecule has 2 aromatic rings. The largest absolute Gasteiger partial charge is 0.356 e. The summed E-state index contributed by atoms with van der Waals surface area (Å²) in [4.78, 5) is 27.5. The summed E-state index contributed by atoms with van der Waals surface area (Å²) >= 11 is 0. The van der Waals surface area contributed by atoms with Crippen molar-refractivity contribution >= 4 is 17.8 Å². The van der Waals surface area contributed by atoms with Gasteiger partial charge in [0, 0.05) is 19.0 Å². The Kier molecular flexibility index (Phi) is 6.88. The van der Waals surface area contributed by atoms with Crippen LogP contribution in [0.25, 0.3) is 0 Å². The van der Waals surface area contributed by atoms with Crippen molar-refractivity contribution in [3.63, 3.8) is 0 Å². The van der Waals surface area contributed by atoms with Crippen molar-refractivity contribution in [2.24, 2.45) is 5.92 Å². The molecule has 1 saturated heterocycles. The van der Waals surface area contributed by atoms with Crippen LogP contribution in [0.5, 0.6) is 0 Å². The van der Waals surface area contributed by atoms with E-state index in [-0.39, 0.29) is 23.7 Å². The normalized spacial score (nSPS) is 18.4. The fraction of sp³-hybridized carbons (Fsp3) is 0.423. The fourth-order valence-corrected chi connectivity index (χ4v) is 4.87. The topological polar surface area (TPSA) is 85.3 Å². The molecular weight excluding hydrogens is 400 g/mol. The predicted octanol–water partition coefficient (Wildman–Crippen LogP) is 3.77. The van der Waals surface area contributed by atoms with Gasteiger partial charge in [0.05, 0.1) is 0 Å². The third-order valence-corrected chi connectivity index (χ3v) is 6.64. The first kappa shape index (κ1) is 22.1. The van der Waals surface area contributed by atoms with Crippen LogP contribution in [-0.4, -0.2) is 35.8 Å². The molecule has 6 heteroatoms. The molecule has 6 nitrogen and oxygen atoms in total. The minimum absolute atomic E-state index is 0.119. The molecule has 1 saturated carbocycles. The fourth-order valence-electron chi connectivity index (χ4n) is 4.87. The lowest BCUT2D eigenvalue weighted by molar-refractivity contribution is -0.130. The van der Waals surface area contributed by atoms with Crippen molar-refractivity contribution in [2.75, 3.05) is 13.1 Å². The lowest BCUT2D eigenvalue weighted by atomic mass is 9.82. The van der Waals surface area contributed by atoms with E-state index >= 15 is 0 Å². The number of hydrogen-bond acceptors (Lipinski definition) is 3. The standard InChI is InChI=1S/C26H32N4O2/c27-25-29-26(21-14-6-2-7-15-21,22-16-8-3-9-17-22)24(32)30(25)19-11-10-18-28-23(31)20-12-4-1-5-13-20/h2-3,6-9,14-17,20H,1,4-5,10-13,18-19H2,(H2,27,29)(H,28,31). The van der Waals surface area contributed by atoms with E-state index in [1.807, 2.05) is 60.7 Å². The van der Waals surface area contributed by atoms with Gasteiger partial charge in [0.15, 0.2) is 11.5 Å². The van der Waals surface area contributed by atoms with Crippen molar-refractivity contribution in [1.29, 1.82) is 5.41 Å². The molecule has 0 spiro atoms. The zero-order valence-electron chi connectivity index (χ0n) is 18.5. The van der Waals surface area contributed by atoms with Gasteiger partial charge in [0.25, 0.3) is 5.91 Å². The summed E-state index contributed by atoms with van der Waals surface area (Å²) in [6, 6.07) is 19.2. The Balaban J connectivity index is 1.38. The lowest BCUT2D eigenvalue weighted by Gasteiger charge is -2.28. The molecule has 0 radical (unpaired) electrons. The molecule has 2 fully saturated rings. The highest BCUT2D eigenvalue weighted by atomic mass is 16.2. The molecule has 1 heterocycles. The molecule has 1 aliphatic heterocycles. The maximum atomic E-state index is 13.7. The molecule has 0 atom stereocenters. The number of carbonyl (C=O) groups is 2. The SMILES string of the molecule is N=C1NC(c2ccccc2)(c2ccccc2)C(=O)N1CCCCNC(=O)C1CCCCC1. The first-order chi connectivity index (χ1) is 15.6. The van der Waals surface area contributed by atoms with Crippen molar-refractivity contribution in [3.05, 3.63) is 71.8 Å². The molecule has 168 valence electrons. The molecule has 2 aromatic carbocycles. The highest BCUT2D eigenvalue weighted by Crippen LogP contribution is 2.35. The van der Waals surface area contributed by atoms with Crippen LogP contribution in [0.15, 0.2) is 60.7 Å². The van der Waals surface area contributed by atoms with E-state index in [2.05, 4.69) is 10.6 Å². The Morgan fingerprint density at radius 3 is 2.16 bits per heavy atom. The Hall–Kier alpha value is -3.15. The molecule has 1 aliphatic carbocycles. The first-order valence-electron chi connectivity index (χ1n) is 11.7. The van der Waals surface area contributed by atoms with E-state index in [1.54, 1.807) is 0 Å². The average Bonchev–Trinajstić information content (AvgIpc) is 3.11. The second-order valence-electron chi connectivity index (χ2n) is 8.75. The van der Waals surface area contributed by atoms with Crippen LogP contribution in [0.4, 0.5) is 0 Å². The zero-order valence-corrected chi connectivity index (χ0v) is 18.5. The van der Waals surface area contributed by atoms with Gasteiger partial charge in [-0.05, 0) is 36.8 Å². The quantitative estimate of drug-likeness (QED) is 0.555. The highest BCUT2D eigenvalue weighted by Gasteiger charge is 2.51. The number of benzene rings is 2. The number of amides is 2. The van der Waals surface area contributed by atoms with E-state index in [1.165, 1.54) is 11.3 Å². The smallest absolute Gasteiger partial charge is 0.264 e.